The van der Waals surface area contributed by atoms with Crippen molar-refractivity contribution in [3.8, 4) is 0 Å². The summed E-state index contributed by atoms with van der Waals surface area (Å²) in [5.41, 5.74) is 1.05. The van der Waals surface area contributed by atoms with Gasteiger partial charge in [-0.2, -0.15) is 11.8 Å². The first-order chi connectivity index (χ1) is 10.8. The number of rotatable bonds is 5. The van der Waals surface area contributed by atoms with Crippen molar-refractivity contribution < 1.29 is 13.2 Å². The number of nitrogens with zero attached hydrogens (tertiary/aromatic N) is 1. The van der Waals surface area contributed by atoms with Gasteiger partial charge in [-0.1, -0.05) is 11.6 Å². The van der Waals surface area contributed by atoms with Crippen LogP contribution in [0.2, 0.25) is 5.02 Å². The lowest BCUT2D eigenvalue weighted by molar-refractivity contribution is 0.102. The van der Waals surface area contributed by atoms with E-state index in [1.54, 1.807) is 23.9 Å². The van der Waals surface area contributed by atoms with Crippen LogP contribution in [0.25, 0.3) is 0 Å². The highest BCUT2D eigenvalue weighted by molar-refractivity contribution is 7.97. The number of nitrogens with one attached hydrogen (secondary N) is 1. The lowest BCUT2D eigenvalue weighted by atomic mass is 10.2. The Kier molecular flexibility index (Phi) is 5.67. The van der Waals surface area contributed by atoms with Gasteiger partial charge < -0.3 is 5.32 Å². The largest absolute Gasteiger partial charge is 0.307 e. The predicted molar refractivity (Wildman–Crippen MR) is 94.0 cm³/mol. The minimum absolute atomic E-state index is 0.168. The van der Waals surface area contributed by atoms with E-state index in [0.29, 0.717) is 27.9 Å². The Hall–Kier alpha value is -1.57. The van der Waals surface area contributed by atoms with E-state index in [-0.39, 0.29) is 10.8 Å². The number of benzene rings is 1. The van der Waals surface area contributed by atoms with Crippen molar-refractivity contribution in [2.45, 2.75) is 10.6 Å². The Morgan fingerprint density at radius 2 is 1.87 bits per heavy atom. The average molecular weight is 371 g/mol. The molecule has 0 atom stereocenters. The first-order valence-electron chi connectivity index (χ1n) is 6.57. The quantitative estimate of drug-likeness (QED) is 0.874. The maximum absolute atomic E-state index is 12.2. The van der Waals surface area contributed by atoms with Crippen LogP contribution in [-0.4, -0.2) is 31.8 Å². The van der Waals surface area contributed by atoms with Gasteiger partial charge in [0.15, 0.2) is 9.84 Å². The molecule has 1 aromatic carbocycles. The van der Waals surface area contributed by atoms with Crippen LogP contribution < -0.4 is 5.32 Å². The van der Waals surface area contributed by atoms with E-state index in [1.807, 2.05) is 6.26 Å². The van der Waals surface area contributed by atoms with Gasteiger partial charge in [0.1, 0.15) is 5.82 Å². The highest BCUT2D eigenvalue weighted by atomic mass is 35.5. The van der Waals surface area contributed by atoms with Gasteiger partial charge in [0, 0.05) is 17.6 Å². The molecule has 1 N–H and O–H groups in total. The third-order valence-electron chi connectivity index (χ3n) is 2.99. The number of pyridine rings is 1. The Balaban J connectivity index is 2.17. The molecular formula is C15H15ClN2O3S2. The van der Waals surface area contributed by atoms with Crippen LogP contribution in [0.15, 0.2) is 41.3 Å². The molecule has 0 aliphatic heterocycles. The Bertz CT molecular complexity index is 821. The minimum atomic E-state index is -3.28. The second-order valence-electron chi connectivity index (χ2n) is 4.81. The van der Waals surface area contributed by atoms with Crippen molar-refractivity contribution in [1.29, 1.82) is 0 Å². The van der Waals surface area contributed by atoms with Crippen molar-refractivity contribution in [2.24, 2.45) is 0 Å². The first-order valence-corrected chi connectivity index (χ1v) is 10.2. The number of anilines is 1. The summed E-state index contributed by atoms with van der Waals surface area (Å²) >= 11 is 7.62. The number of carbonyl (C=O) groups is 1. The second kappa shape index (κ2) is 7.33. The maximum Gasteiger partial charge on any atom is 0.256 e. The zero-order chi connectivity index (χ0) is 17.0. The molecule has 8 heteroatoms. The molecule has 0 radical (unpaired) electrons. The lowest BCUT2D eigenvalue weighted by Crippen LogP contribution is -2.13. The molecule has 23 heavy (non-hydrogen) atoms. The fraction of sp³-hybridized carbons (Fsp3) is 0.200. The van der Waals surface area contributed by atoms with Gasteiger partial charge in [-0.3, -0.25) is 4.79 Å². The molecule has 1 heterocycles. The Morgan fingerprint density at radius 1 is 1.22 bits per heavy atom. The van der Waals surface area contributed by atoms with Gasteiger partial charge in [0.2, 0.25) is 0 Å². The van der Waals surface area contributed by atoms with Crippen molar-refractivity contribution in [2.75, 3.05) is 17.8 Å². The molecule has 0 aliphatic rings. The maximum atomic E-state index is 12.2. The summed E-state index contributed by atoms with van der Waals surface area (Å²) in [6.07, 6.45) is 3.06. The molecule has 0 unspecified atom stereocenters. The van der Waals surface area contributed by atoms with E-state index in [1.165, 1.54) is 24.3 Å². The topological polar surface area (TPSA) is 76.1 Å². The number of sulfone groups is 1. The monoisotopic (exact) mass is 370 g/mol. The molecule has 0 saturated heterocycles. The molecule has 2 aromatic rings. The summed E-state index contributed by atoms with van der Waals surface area (Å²) < 4.78 is 22.8. The highest BCUT2D eigenvalue weighted by Crippen LogP contribution is 2.21. The van der Waals surface area contributed by atoms with Crippen molar-refractivity contribution in [3.63, 3.8) is 0 Å². The van der Waals surface area contributed by atoms with Crippen LogP contribution in [0, 0.1) is 0 Å². The molecule has 0 bridgehead atoms. The van der Waals surface area contributed by atoms with Gasteiger partial charge in [0.25, 0.3) is 5.91 Å². The van der Waals surface area contributed by atoms with Gasteiger partial charge in [-0.25, -0.2) is 13.4 Å². The third kappa shape index (κ3) is 4.70. The molecule has 0 aliphatic carbocycles. The third-order valence-corrected chi connectivity index (χ3v) is 5.02. The zero-order valence-corrected chi connectivity index (χ0v) is 14.9. The molecule has 0 spiro atoms. The van der Waals surface area contributed by atoms with Crippen molar-refractivity contribution in [3.05, 3.63) is 52.7 Å². The number of hydrogen-bond acceptors (Lipinski definition) is 5. The summed E-state index contributed by atoms with van der Waals surface area (Å²) in [4.78, 5) is 16.7. The minimum Gasteiger partial charge on any atom is -0.307 e. The normalized spacial score (nSPS) is 11.3. The first kappa shape index (κ1) is 17.8. The molecule has 0 fully saturated rings. The molecule has 0 saturated carbocycles. The molecule has 2 rings (SSSR count). The fourth-order valence-corrected chi connectivity index (χ4v) is 3.21. The lowest BCUT2D eigenvalue weighted by Gasteiger charge is -2.08. The van der Waals surface area contributed by atoms with E-state index >= 15 is 0 Å². The fourth-order valence-electron chi connectivity index (χ4n) is 1.83. The van der Waals surface area contributed by atoms with Crippen molar-refractivity contribution >= 4 is 44.9 Å². The summed E-state index contributed by atoms with van der Waals surface area (Å²) in [6, 6.07) is 9.03. The number of carbonyl (C=O) groups excluding carboxylic acids is 1. The number of aromatic nitrogens is 1. The smallest absolute Gasteiger partial charge is 0.256 e. The standard InChI is InChI=1S/C15H15ClN2O3S2/c1-22-9-13-12(16)7-8-14(17-13)18-15(19)10-3-5-11(6-4-10)23(2,20)21/h3-8H,9H2,1-2H3,(H,17,18,19). The average Bonchev–Trinajstić information content (AvgIpc) is 2.50. The molecular weight excluding hydrogens is 356 g/mol. The number of hydrogen-bond donors (Lipinski definition) is 1. The SMILES string of the molecule is CSCc1nc(NC(=O)c2ccc(S(C)(=O)=O)cc2)ccc1Cl. The van der Waals surface area contributed by atoms with Gasteiger partial charge in [0.05, 0.1) is 15.6 Å². The Morgan fingerprint density at radius 3 is 2.43 bits per heavy atom. The zero-order valence-electron chi connectivity index (χ0n) is 12.5. The molecule has 5 nitrogen and oxygen atoms in total. The van der Waals surface area contributed by atoms with Crippen LogP contribution in [-0.2, 0) is 15.6 Å². The summed E-state index contributed by atoms with van der Waals surface area (Å²) in [5, 5.41) is 3.23. The van der Waals surface area contributed by atoms with E-state index in [9.17, 15) is 13.2 Å². The molecule has 1 amide bonds. The van der Waals surface area contributed by atoms with Crippen molar-refractivity contribution in [1.82, 2.24) is 4.98 Å². The number of thioether (sulfide) groups is 1. The van der Waals surface area contributed by atoms with Gasteiger partial charge in [-0.05, 0) is 42.7 Å². The Labute approximate surface area is 144 Å². The van der Waals surface area contributed by atoms with E-state index < -0.39 is 9.84 Å². The van der Waals surface area contributed by atoms with Crippen LogP contribution in [0.4, 0.5) is 5.82 Å². The molecule has 1 aromatic heterocycles. The van der Waals surface area contributed by atoms with E-state index in [4.69, 9.17) is 11.6 Å². The predicted octanol–water partition coefficient (Wildman–Crippen LogP) is 3.25. The van der Waals surface area contributed by atoms with Gasteiger partial charge in [-0.15, -0.1) is 0 Å². The van der Waals surface area contributed by atoms with Gasteiger partial charge >= 0.3 is 0 Å². The molecule has 122 valence electrons. The summed E-state index contributed by atoms with van der Waals surface area (Å²) in [5.74, 6) is 0.677. The van der Waals surface area contributed by atoms with Crippen LogP contribution in [0.5, 0.6) is 0 Å². The highest BCUT2D eigenvalue weighted by Gasteiger charge is 2.11. The summed E-state index contributed by atoms with van der Waals surface area (Å²) in [6.45, 7) is 0. The van der Waals surface area contributed by atoms with E-state index in [0.717, 1.165) is 6.26 Å². The summed E-state index contributed by atoms with van der Waals surface area (Å²) in [7, 11) is -3.28. The van der Waals surface area contributed by atoms with Crippen LogP contribution in [0.1, 0.15) is 16.1 Å². The number of amides is 1. The van der Waals surface area contributed by atoms with Crippen LogP contribution in [0.3, 0.4) is 0 Å². The van der Waals surface area contributed by atoms with Crippen LogP contribution >= 0.6 is 23.4 Å². The second-order valence-corrected chi connectivity index (χ2v) is 8.10. The van der Waals surface area contributed by atoms with E-state index in [2.05, 4.69) is 10.3 Å². The number of halogens is 1.